The predicted octanol–water partition coefficient (Wildman–Crippen LogP) is 2.82. The second-order valence-electron chi connectivity index (χ2n) is 4.40. The molecule has 1 saturated heterocycles. The van der Waals surface area contributed by atoms with Crippen LogP contribution in [0.2, 0.25) is 0 Å². The standard InChI is InChI=1S/C10H17ClO/c11-8-10(4-5-10)3-1-9-2-6-12-7-9/h9H,1-8H2. The van der Waals surface area contributed by atoms with Crippen LogP contribution in [0.4, 0.5) is 0 Å². The summed E-state index contributed by atoms with van der Waals surface area (Å²) < 4.78 is 5.34. The van der Waals surface area contributed by atoms with Gasteiger partial charge in [-0.1, -0.05) is 0 Å². The van der Waals surface area contributed by atoms with E-state index in [9.17, 15) is 0 Å². The zero-order chi connectivity index (χ0) is 8.44. The number of halogens is 1. The summed E-state index contributed by atoms with van der Waals surface area (Å²) in [6, 6.07) is 0. The summed E-state index contributed by atoms with van der Waals surface area (Å²) in [4.78, 5) is 0. The summed E-state index contributed by atoms with van der Waals surface area (Å²) in [7, 11) is 0. The lowest BCUT2D eigenvalue weighted by Gasteiger charge is -2.13. The maximum absolute atomic E-state index is 5.91. The molecule has 0 aromatic carbocycles. The second kappa shape index (κ2) is 3.55. The minimum Gasteiger partial charge on any atom is -0.381 e. The number of rotatable bonds is 4. The molecule has 2 rings (SSSR count). The van der Waals surface area contributed by atoms with E-state index < -0.39 is 0 Å². The monoisotopic (exact) mass is 188 g/mol. The molecule has 0 radical (unpaired) electrons. The molecular weight excluding hydrogens is 172 g/mol. The third kappa shape index (κ3) is 1.94. The summed E-state index contributed by atoms with van der Waals surface area (Å²) in [6.07, 6.45) is 6.68. The maximum atomic E-state index is 5.91. The molecule has 0 spiro atoms. The lowest BCUT2D eigenvalue weighted by molar-refractivity contribution is 0.182. The molecule has 2 fully saturated rings. The van der Waals surface area contributed by atoms with Crippen molar-refractivity contribution in [2.45, 2.75) is 32.1 Å². The Bertz CT molecular complexity index is 148. The number of alkyl halides is 1. The highest BCUT2D eigenvalue weighted by Crippen LogP contribution is 2.51. The van der Waals surface area contributed by atoms with E-state index >= 15 is 0 Å². The van der Waals surface area contributed by atoms with Crippen molar-refractivity contribution in [2.75, 3.05) is 19.1 Å². The van der Waals surface area contributed by atoms with E-state index in [4.69, 9.17) is 16.3 Å². The van der Waals surface area contributed by atoms with Crippen molar-refractivity contribution in [3.63, 3.8) is 0 Å². The van der Waals surface area contributed by atoms with Gasteiger partial charge in [-0.25, -0.2) is 0 Å². The summed E-state index contributed by atoms with van der Waals surface area (Å²) in [5, 5.41) is 0. The zero-order valence-electron chi connectivity index (χ0n) is 7.52. The predicted molar refractivity (Wildman–Crippen MR) is 50.5 cm³/mol. The smallest absolute Gasteiger partial charge is 0.0495 e. The normalized spacial score (nSPS) is 32.2. The van der Waals surface area contributed by atoms with Gasteiger partial charge in [-0.2, -0.15) is 0 Å². The molecule has 0 N–H and O–H groups in total. The fraction of sp³-hybridized carbons (Fsp3) is 1.00. The number of hydrogen-bond acceptors (Lipinski definition) is 1. The van der Waals surface area contributed by atoms with Crippen LogP contribution in [0, 0.1) is 11.3 Å². The van der Waals surface area contributed by atoms with E-state index in [1.54, 1.807) is 0 Å². The largest absolute Gasteiger partial charge is 0.381 e. The SMILES string of the molecule is ClCC1(CCC2CCOC2)CC1. The van der Waals surface area contributed by atoms with Crippen molar-refractivity contribution in [3.05, 3.63) is 0 Å². The van der Waals surface area contributed by atoms with Crippen molar-refractivity contribution in [3.8, 4) is 0 Å². The van der Waals surface area contributed by atoms with Gasteiger partial charge in [0.25, 0.3) is 0 Å². The molecule has 0 aromatic heterocycles. The third-order valence-electron chi connectivity index (χ3n) is 3.35. The van der Waals surface area contributed by atoms with E-state index in [1.165, 1.54) is 32.1 Å². The van der Waals surface area contributed by atoms with Gasteiger partial charge in [-0.3, -0.25) is 0 Å². The van der Waals surface area contributed by atoms with Crippen molar-refractivity contribution in [2.24, 2.45) is 11.3 Å². The van der Waals surface area contributed by atoms with E-state index in [-0.39, 0.29) is 0 Å². The van der Waals surface area contributed by atoms with Crippen molar-refractivity contribution in [1.29, 1.82) is 0 Å². The minimum atomic E-state index is 0.560. The molecule has 0 aromatic rings. The Morgan fingerprint density at radius 3 is 2.75 bits per heavy atom. The van der Waals surface area contributed by atoms with Crippen LogP contribution in [0.15, 0.2) is 0 Å². The Balaban J connectivity index is 1.67. The van der Waals surface area contributed by atoms with Crippen LogP contribution >= 0.6 is 11.6 Å². The summed E-state index contributed by atoms with van der Waals surface area (Å²) in [5.41, 5.74) is 0.560. The summed E-state index contributed by atoms with van der Waals surface area (Å²) >= 11 is 5.91. The Morgan fingerprint density at radius 2 is 2.25 bits per heavy atom. The van der Waals surface area contributed by atoms with Gasteiger partial charge in [0, 0.05) is 19.1 Å². The molecular formula is C10H17ClO. The van der Waals surface area contributed by atoms with Gasteiger partial charge in [0.1, 0.15) is 0 Å². The molecule has 1 atom stereocenters. The molecule has 1 aliphatic carbocycles. The molecule has 1 saturated carbocycles. The first-order valence-corrected chi connectivity index (χ1v) is 5.52. The van der Waals surface area contributed by atoms with Gasteiger partial charge in [-0.15, -0.1) is 11.6 Å². The van der Waals surface area contributed by atoms with E-state index in [0.717, 1.165) is 25.0 Å². The number of hydrogen-bond donors (Lipinski definition) is 0. The van der Waals surface area contributed by atoms with Gasteiger partial charge < -0.3 is 4.74 Å². The van der Waals surface area contributed by atoms with Gasteiger partial charge in [0.05, 0.1) is 0 Å². The van der Waals surface area contributed by atoms with Gasteiger partial charge >= 0.3 is 0 Å². The highest BCUT2D eigenvalue weighted by molar-refractivity contribution is 6.18. The molecule has 0 bridgehead atoms. The van der Waals surface area contributed by atoms with E-state index in [2.05, 4.69) is 0 Å². The lowest BCUT2D eigenvalue weighted by atomic mass is 9.94. The molecule has 70 valence electrons. The minimum absolute atomic E-state index is 0.560. The summed E-state index contributed by atoms with van der Waals surface area (Å²) in [6.45, 7) is 1.98. The van der Waals surface area contributed by atoms with Crippen molar-refractivity contribution >= 4 is 11.6 Å². The topological polar surface area (TPSA) is 9.23 Å². The molecule has 12 heavy (non-hydrogen) atoms. The Labute approximate surface area is 79.4 Å². The molecule has 1 nitrogen and oxygen atoms in total. The average Bonchev–Trinajstić information content (AvgIpc) is 2.70. The van der Waals surface area contributed by atoms with Crippen LogP contribution in [-0.2, 0) is 4.74 Å². The van der Waals surface area contributed by atoms with Crippen LogP contribution in [0.1, 0.15) is 32.1 Å². The maximum Gasteiger partial charge on any atom is 0.0495 e. The van der Waals surface area contributed by atoms with Crippen LogP contribution in [-0.4, -0.2) is 19.1 Å². The van der Waals surface area contributed by atoms with Gasteiger partial charge in [0.15, 0.2) is 0 Å². The van der Waals surface area contributed by atoms with E-state index in [1.807, 2.05) is 0 Å². The van der Waals surface area contributed by atoms with Crippen LogP contribution in [0.3, 0.4) is 0 Å². The number of ether oxygens (including phenoxy) is 1. The van der Waals surface area contributed by atoms with Crippen molar-refractivity contribution in [1.82, 2.24) is 0 Å². The van der Waals surface area contributed by atoms with E-state index in [0.29, 0.717) is 5.41 Å². The lowest BCUT2D eigenvalue weighted by Crippen LogP contribution is -2.07. The first-order chi connectivity index (χ1) is 5.85. The average molecular weight is 189 g/mol. The van der Waals surface area contributed by atoms with Crippen LogP contribution in [0.25, 0.3) is 0 Å². The molecule has 1 aliphatic heterocycles. The van der Waals surface area contributed by atoms with Crippen LogP contribution < -0.4 is 0 Å². The Kier molecular flexibility index (Phi) is 2.61. The van der Waals surface area contributed by atoms with Gasteiger partial charge in [0.2, 0.25) is 0 Å². The Morgan fingerprint density at radius 1 is 1.42 bits per heavy atom. The molecule has 0 amide bonds. The van der Waals surface area contributed by atoms with Gasteiger partial charge in [-0.05, 0) is 43.4 Å². The second-order valence-corrected chi connectivity index (χ2v) is 4.67. The fourth-order valence-corrected chi connectivity index (χ4v) is 2.35. The zero-order valence-corrected chi connectivity index (χ0v) is 8.28. The van der Waals surface area contributed by atoms with Crippen molar-refractivity contribution < 1.29 is 4.74 Å². The highest BCUT2D eigenvalue weighted by Gasteiger charge is 2.41. The molecule has 2 heteroatoms. The van der Waals surface area contributed by atoms with Crippen LogP contribution in [0.5, 0.6) is 0 Å². The first kappa shape index (κ1) is 8.83. The highest BCUT2D eigenvalue weighted by atomic mass is 35.5. The fourth-order valence-electron chi connectivity index (χ4n) is 1.95. The molecule has 1 heterocycles. The quantitative estimate of drug-likeness (QED) is 0.617. The Hall–Kier alpha value is 0.250. The molecule has 1 unspecified atom stereocenters. The third-order valence-corrected chi connectivity index (χ3v) is 3.91. The first-order valence-electron chi connectivity index (χ1n) is 4.98. The summed E-state index contributed by atoms with van der Waals surface area (Å²) in [5.74, 6) is 1.71. The molecule has 2 aliphatic rings.